The van der Waals surface area contributed by atoms with Crippen molar-refractivity contribution in [1.82, 2.24) is 20.5 Å². The third-order valence-corrected chi connectivity index (χ3v) is 4.01. The predicted molar refractivity (Wildman–Crippen MR) is 84.8 cm³/mol. The Labute approximate surface area is 125 Å². The average molecular weight is 285 g/mol. The van der Waals surface area contributed by atoms with E-state index in [0.717, 1.165) is 50.8 Å². The first-order valence-electron chi connectivity index (χ1n) is 7.65. The molecule has 1 saturated heterocycles. The van der Waals surface area contributed by atoms with E-state index in [0.29, 0.717) is 0 Å². The van der Waals surface area contributed by atoms with Crippen LogP contribution in [0.2, 0.25) is 0 Å². The van der Waals surface area contributed by atoms with Crippen molar-refractivity contribution >= 4 is 5.95 Å². The van der Waals surface area contributed by atoms with Crippen molar-refractivity contribution in [2.24, 2.45) is 0 Å². The Morgan fingerprint density at radius 1 is 1.19 bits per heavy atom. The summed E-state index contributed by atoms with van der Waals surface area (Å²) < 4.78 is 0. The Kier molecular flexibility index (Phi) is 4.20. The van der Waals surface area contributed by atoms with Gasteiger partial charge in [-0.3, -0.25) is 5.10 Å². The van der Waals surface area contributed by atoms with Crippen molar-refractivity contribution in [3.63, 3.8) is 0 Å². The van der Waals surface area contributed by atoms with Crippen LogP contribution in [0.4, 0.5) is 5.95 Å². The molecule has 0 spiro atoms. The topological polar surface area (TPSA) is 56.8 Å². The Hall–Kier alpha value is -1.88. The van der Waals surface area contributed by atoms with Crippen molar-refractivity contribution in [2.75, 3.05) is 31.1 Å². The average Bonchev–Trinajstić information content (AvgIpc) is 2.76. The quantitative estimate of drug-likeness (QED) is 0.903. The van der Waals surface area contributed by atoms with E-state index in [2.05, 4.69) is 57.4 Å². The molecule has 21 heavy (non-hydrogen) atoms. The van der Waals surface area contributed by atoms with Crippen LogP contribution in [0.25, 0.3) is 0 Å². The van der Waals surface area contributed by atoms with Gasteiger partial charge in [0.1, 0.15) is 5.82 Å². The number of rotatable bonds is 3. The molecule has 2 N–H and O–H groups in total. The molecular formula is C16H23N5. The van der Waals surface area contributed by atoms with E-state index >= 15 is 0 Å². The Morgan fingerprint density at radius 3 is 3.00 bits per heavy atom. The van der Waals surface area contributed by atoms with Gasteiger partial charge in [-0.1, -0.05) is 23.8 Å². The first-order chi connectivity index (χ1) is 10.2. The summed E-state index contributed by atoms with van der Waals surface area (Å²) in [5.41, 5.74) is 3.90. The van der Waals surface area contributed by atoms with Gasteiger partial charge in [-0.15, -0.1) is 5.10 Å². The molecule has 1 aliphatic rings. The van der Waals surface area contributed by atoms with E-state index in [1.54, 1.807) is 0 Å². The second kappa shape index (κ2) is 6.26. The number of hydrogen-bond donors (Lipinski definition) is 2. The fraction of sp³-hybridized carbons (Fsp3) is 0.500. The van der Waals surface area contributed by atoms with Crippen molar-refractivity contribution in [2.45, 2.75) is 26.7 Å². The van der Waals surface area contributed by atoms with Crippen LogP contribution in [-0.4, -0.2) is 41.4 Å². The van der Waals surface area contributed by atoms with E-state index < -0.39 is 0 Å². The van der Waals surface area contributed by atoms with Crippen molar-refractivity contribution < 1.29 is 0 Å². The largest absolute Gasteiger partial charge is 0.338 e. The van der Waals surface area contributed by atoms with Crippen LogP contribution < -0.4 is 10.2 Å². The van der Waals surface area contributed by atoms with Crippen molar-refractivity contribution in [3.05, 3.63) is 40.7 Å². The molecule has 2 aromatic rings. The zero-order valence-electron chi connectivity index (χ0n) is 12.8. The first kappa shape index (κ1) is 14.1. The van der Waals surface area contributed by atoms with Crippen LogP contribution in [0.15, 0.2) is 18.2 Å². The lowest BCUT2D eigenvalue weighted by Gasteiger charge is -2.16. The Morgan fingerprint density at radius 2 is 2.10 bits per heavy atom. The normalized spacial score (nSPS) is 16.0. The monoisotopic (exact) mass is 285 g/mol. The van der Waals surface area contributed by atoms with Gasteiger partial charge in [0.15, 0.2) is 0 Å². The minimum atomic E-state index is 0.812. The molecule has 112 valence electrons. The summed E-state index contributed by atoms with van der Waals surface area (Å²) in [6.07, 6.45) is 1.95. The predicted octanol–water partition coefficient (Wildman–Crippen LogP) is 1.81. The zero-order chi connectivity index (χ0) is 14.7. The van der Waals surface area contributed by atoms with Gasteiger partial charge in [0.25, 0.3) is 0 Å². The second-order valence-electron chi connectivity index (χ2n) is 5.78. The molecule has 0 radical (unpaired) electrons. The SMILES string of the molecule is Cc1ccc(C)c(Cc2nc(N3CCCNCC3)n[nH]2)c1. The standard InChI is InChI=1S/C16H23N5/c1-12-4-5-13(2)14(10-12)11-15-18-16(20-19-15)21-8-3-6-17-7-9-21/h4-5,10,17H,3,6-9,11H2,1-2H3,(H,18,19,20). The lowest BCUT2D eigenvalue weighted by atomic mass is 10.0. The van der Waals surface area contributed by atoms with Crippen LogP contribution in [0, 0.1) is 13.8 Å². The molecule has 0 saturated carbocycles. The van der Waals surface area contributed by atoms with E-state index in [-0.39, 0.29) is 0 Å². The number of nitrogens with one attached hydrogen (secondary N) is 2. The number of anilines is 1. The van der Waals surface area contributed by atoms with E-state index in [1.807, 2.05) is 0 Å². The number of aryl methyl sites for hydroxylation is 2. The summed E-state index contributed by atoms with van der Waals surface area (Å²) >= 11 is 0. The number of hydrogen-bond acceptors (Lipinski definition) is 4. The zero-order valence-corrected chi connectivity index (χ0v) is 12.8. The van der Waals surface area contributed by atoms with Gasteiger partial charge in [0, 0.05) is 26.1 Å². The number of benzene rings is 1. The minimum Gasteiger partial charge on any atom is -0.338 e. The first-order valence-corrected chi connectivity index (χ1v) is 7.65. The van der Waals surface area contributed by atoms with Crippen LogP contribution >= 0.6 is 0 Å². The van der Waals surface area contributed by atoms with Gasteiger partial charge >= 0.3 is 0 Å². The molecule has 2 heterocycles. The molecule has 0 bridgehead atoms. The lowest BCUT2D eigenvalue weighted by molar-refractivity contribution is 0.724. The fourth-order valence-corrected chi connectivity index (χ4v) is 2.72. The van der Waals surface area contributed by atoms with Crippen LogP contribution in [0.3, 0.4) is 0 Å². The number of nitrogens with zero attached hydrogens (tertiary/aromatic N) is 3. The highest BCUT2D eigenvalue weighted by Gasteiger charge is 2.14. The number of aromatic amines is 1. The Bertz CT molecular complexity index is 596. The molecule has 1 fully saturated rings. The highest BCUT2D eigenvalue weighted by atomic mass is 15.4. The molecule has 5 nitrogen and oxygen atoms in total. The van der Waals surface area contributed by atoms with Crippen molar-refractivity contribution in [3.8, 4) is 0 Å². The maximum atomic E-state index is 4.67. The maximum Gasteiger partial charge on any atom is 0.244 e. The van der Waals surface area contributed by atoms with Crippen molar-refractivity contribution in [1.29, 1.82) is 0 Å². The summed E-state index contributed by atoms with van der Waals surface area (Å²) in [6.45, 7) is 8.34. The molecule has 0 atom stereocenters. The summed E-state index contributed by atoms with van der Waals surface area (Å²) in [5, 5.41) is 10.9. The molecule has 3 rings (SSSR count). The van der Waals surface area contributed by atoms with Gasteiger partial charge in [-0.2, -0.15) is 4.98 Å². The smallest absolute Gasteiger partial charge is 0.244 e. The van der Waals surface area contributed by atoms with Gasteiger partial charge in [0.2, 0.25) is 5.95 Å². The minimum absolute atomic E-state index is 0.812. The van der Waals surface area contributed by atoms with Gasteiger partial charge in [0.05, 0.1) is 0 Å². The van der Waals surface area contributed by atoms with E-state index in [4.69, 9.17) is 0 Å². The van der Waals surface area contributed by atoms with Gasteiger partial charge in [-0.25, -0.2) is 0 Å². The molecule has 0 amide bonds. The summed E-state index contributed by atoms with van der Waals surface area (Å²) in [6, 6.07) is 6.55. The maximum absolute atomic E-state index is 4.67. The van der Waals surface area contributed by atoms with Crippen LogP contribution in [0.5, 0.6) is 0 Å². The lowest BCUT2D eigenvalue weighted by Crippen LogP contribution is -2.28. The fourth-order valence-electron chi connectivity index (χ4n) is 2.72. The Balaban J connectivity index is 1.74. The van der Waals surface area contributed by atoms with Gasteiger partial charge in [-0.05, 0) is 37.9 Å². The molecule has 0 aliphatic carbocycles. The molecule has 5 heteroatoms. The third kappa shape index (κ3) is 3.42. The van der Waals surface area contributed by atoms with Gasteiger partial charge < -0.3 is 10.2 Å². The summed E-state index contributed by atoms with van der Waals surface area (Å²) in [4.78, 5) is 6.93. The highest BCUT2D eigenvalue weighted by Crippen LogP contribution is 2.15. The van der Waals surface area contributed by atoms with Crippen LogP contribution in [0.1, 0.15) is 28.9 Å². The highest BCUT2D eigenvalue weighted by molar-refractivity contribution is 5.34. The van der Waals surface area contributed by atoms with E-state index in [9.17, 15) is 0 Å². The molecule has 0 unspecified atom stereocenters. The number of aromatic nitrogens is 3. The van der Waals surface area contributed by atoms with E-state index in [1.165, 1.54) is 16.7 Å². The third-order valence-electron chi connectivity index (χ3n) is 4.01. The van der Waals surface area contributed by atoms with Crippen LogP contribution in [-0.2, 0) is 6.42 Å². The number of H-pyrrole nitrogens is 1. The summed E-state index contributed by atoms with van der Waals surface area (Å²) in [7, 11) is 0. The second-order valence-corrected chi connectivity index (χ2v) is 5.78. The molecular weight excluding hydrogens is 262 g/mol. The molecule has 1 aliphatic heterocycles. The summed E-state index contributed by atoms with van der Waals surface area (Å²) in [5.74, 6) is 1.77. The molecule has 1 aromatic heterocycles. The molecule has 1 aromatic carbocycles.